The third kappa shape index (κ3) is 3.76. The number of nitrogens with one attached hydrogen (secondary N) is 1. The van der Waals surface area contributed by atoms with Gasteiger partial charge in [0.2, 0.25) is 11.8 Å². The fourth-order valence-electron chi connectivity index (χ4n) is 3.63. The lowest BCUT2D eigenvalue weighted by Gasteiger charge is -2.41. The zero-order valence-corrected chi connectivity index (χ0v) is 13.2. The van der Waals surface area contributed by atoms with Gasteiger partial charge in [-0.15, -0.1) is 0 Å². The summed E-state index contributed by atoms with van der Waals surface area (Å²) in [5, 5.41) is 3.03. The van der Waals surface area contributed by atoms with Crippen LogP contribution >= 0.6 is 0 Å². The number of nitrogens with zero attached hydrogens (tertiary/aromatic N) is 1. The first-order valence-corrected chi connectivity index (χ1v) is 8.40. The van der Waals surface area contributed by atoms with Crippen LogP contribution in [0.2, 0.25) is 0 Å². The molecule has 0 aromatic heterocycles. The average Bonchev–Trinajstić information content (AvgIpc) is 2.55. The largest absolute Gasteiger partial charge is 0.353 e. The molecule has 2 amide bonds. The molecule has 1 heterocycles. The van der Waals surface area contributed by atoms with Gasteiger partial charge in [0.1, 0.15) is 0 Å². The normalized spacial score (nSPS) is 22.9. The molecule has 2 fully saturated rings. The zero-order valence-electron chi connectivity index (χ0n) is 13.2. The summed E-state index contributed by atoms with van der Waals surface area (Å²) >= 11 is 0. The Morgan fingerprint density at radius 3 is 2.33 bits per heavy atom. The molecule has 0 aromatic carbocycles. The maximum absolute atomic E-state index is 12.8. The SMILES string of the molecule is CCC(=O)NC1CCN(C(=O)C2(CN)CCCCC2)CC1. The van der Waals surface area contributed by atoms with Crippen LogP contribution in [-0.2, 0) is 9.59 Å². The van der Waals surface area contributed by atoms with Gasteiger partial charge in [0, 0.05) is 32.1 Å². The highest BCUT2D eigenvalue weighted by atomic mass is 16.2. The molecule has 2 aliphatic rings. The number of nitrogens with two attached hydrogens (primary N) is 1. The molecule has 0 radical (unpaired) electrons. The van der Waals surface area contributed by atoms with Crippen molar-refractivity contribution in [2.24, 2.45) is 11.1 Å². The Kier molecular flexibility index (Phi) is 5.62. The second kappa shape index (κ2) is 7.25. The van der Waals surface area contributed by atoms with Gasteiger partial charge >= 0.3 is 0 Å². The number of likely N-dealkylation sites (tertiary alicyclic amines) is 1. The quantitative estimate of drug-likeness (QED) is 0.823. The molecule has 0 bridgehead atoms. The van der Waals surface area contributed by atoms with Gasteiger partial charge in [-0.3, -0.25) is 9.59 Å². The third-order valence-corrected chi connectivity index (χ3v) is 5.12. The van der Waals surface area contributed by atoms with Gasteiger partial charge in [0.05, 0.1) is 5.41 Å². The predicted octanol–water partition coefficient (Wildman–Crippen LogP) is 1.41. The third-order valence-electron chi connectivity index (χ3n) is 5.12. The van der Waals surface area contributed by atoms with Gasteiger partial charge in [-0.25, -0.2) is 0 Å². The molecule has 1 saturated heterocycles. The van der Waals surface area contributed by atoms with E-state index >= 15 is 0 Å². The van der Waals surface area contributed by atoms with E-state index in [0.29, 0.717) is 13.0 Å². The average molecular weight is 295 g/mol. The molecule has 1 aliphatic heterocycles. The molecule has 0 unspecified atom stereocenters. The first-order valence-electron chi connectivity index (χ1n) is 8.40. The number of hydrogen-bond acceptors (Lipinski definition) is 3. The molecule has 0 aromatic rings. The van der Waals surface area contributed by atoms with Crippen molar-refractivity contribution in [3.8, 4) is 0 Å². The lowest BCUT2D eigenvalue weighted by Crippen LogP contribution is -2.53. The molecule has 1 saturated carbocycles. The van der Waals surface area contributed by atoms with E-state index in [1.54, 1.807) is 0 Å². The zero-order chi connectivity index (χ0) is 15.3. The van der Waals surface area contributed by atoms with Crippen molar-refractivity contribution in [2.75, 3.05) is 19.6 Å². The Hall–Kier alpha value is -1.10. The number of carbonyl (C=O) groups is 2. The van der Waals surface area contributed by atoms with E-state index in [1.165, 1.54) is 6.42 Å². The lowest BCUT2D eigenvalue weighted by molar-refractivity contribution is -0.144. The summed E-state index contributed by atoms with van der Waals surface area (Å²) in [4.78, 5) is 26.3. The van der Waals surface area contributed by atoms with E-state index in [2.05, 4.69) is 5.32 Å². The number of rotatable bonds is 4. The minimum atomic E-state index is -0.308. The van der Waals surface area contributed by atoms with Crippen LogP contribution < -0.4 is 11.1 Å². The first kappa shape index (κ1) is 16.3. The van der Waals surface area contributed by atoms with Gasteiger partial charge in [0.25, 0.3) is 0 Å². The minimum Gasteiger partial charge on any atom is -0.353 e. The Morgan fingerprint density at radius 2 is 1.81 bits per heavy atom. The van der Waals surface area contributed by atoms with Crippen molar-refractivity contribution in [2.45, 2.75) is 64.3 Å². The molecule has 5 nitrogen and oxygen atoms in total. The van der Waals surface area contributed by atoms with E-state index < -0.39 is 0 Å². The molecule has 2 rings (SSSR count). The Balaban J connectivity index is 1.88. The molecule has 5 heteroatoms. The summed E-state index contributed by atoms with van der Waals surface area (Å²) in [6, 6.07) is 0.224. The standard InChI is InChI=1S/C16H29N3O2/c1-2-14(20)18-13-6-10-19(11-7-13)15(21)16(12-17)8-4-3-5-9-16/h13H,2-12,17H2,1H3,(H,18,20). The van der Waals surface area contributed by atoms with Gasteiger partial charge in [-0.05, 0) is 25.7 Å². The Morgan fingerprint density at radius 1 is 1.19 bits per heavy atom. The summed E-state index contributed by atoms with van der Waals surface area (Å²) < 4.78 is 0. The Bertz CT molecular complexity index is 370. The molecule has 120 valence electrons. The van der Waals surface area contributed by atoms with Gasteiger partial charge < -0.3 is 16.0 Å². The van der Waals surface area contributed by atoms with E-state index in [1.807, 2.05) is 11.8 Å². The summed E-state index contributed by atoms with van der Waals surface area (Å²) in [5.74, 6) is 0.357. The number of piperidine rings is 1. The predicted molar refractivity (Wildman–Crippen MR) is 82.6 cm³/mol. The van der Waals surface area contributed by atoms with Crippen molar-refractivity contribution < 1.29 is 9.59 Å². The van der Waals surface area contributed by atoms with Crippen LogP contribution in [0.5, 0.6) is 0 Å². The smallest absolute Gasteiger partial charge is 0.230 e. The van der Waals surface area contributed by atoms with Crippen LogP contribution in [0.3, 0.4) is 0 Å². The van der Waals surface area contributed by atoms with E-state index in [4.69, 9.17) is 5.73 Å². The van der Waals surface area contributed by atoms with Gasteiger partial charge in [-0.1, -0.05) is 26.2 Å². The van der Waals surface area contributed by atoms with Crippen LogP contribution in [0.15, 0.2) is 0 Å². The van der Waals surface area contributed by atoms with Crippen LogP contribution in [-0.4, -0.2) is 42.4 Å². The highest BCUT2D eigenvalue weighted by Crippen LogP contribution is 2.37. The summed E-state index contributed by atoms with van der Waals surface area (Å²) in [7, 11) is 0. The van der Waals surface area contributed by atoms with E-state index in [9.17, 15) is 9.59 Å². The highest BCUT2D eigenvalue weighted by molar-refractivity contribution is 5.83. The highest BCUT2D eigenvalue weighted by Gasteiger charge is 2.41. The minimum absolute atomic E-state index is 0.102. The van der Waals surface area contributed by atoms with Crippen LogP contribution in [0.25, 0.3) is 0 Å². The number of carbonyl (C=O) groups excluding carboxylic acids is 2. The summed E-state index contributed by atoms with van der Waals surface area (Å²) in [6.07, 6.45) is 7.58. The molecular formula is C16H29N3O2. The van der Waals surface area contributed by atoms with Crippen molar-refractivity contribution in [1.82, 2.24) is 10.2 Å². The maximum Gasteiger partial charge on any atom is 0.230 e. The molecular weight excluding hydrogens is 266 g/mol. The second-order valence-electron chi connectivity index (χ2n) is 6.53. The Labute approximate surface area is 127 Å². The topological polar surface area (TPSA) is 75.4 Å². The number of amides is 2. The summed E-state index contributed by atoms with van der Waals surface area (Å²) in [5.41, 5.74) is 5.64. The molecule has 1 aliphatic carbocycles. The van der Waals surface area contributed by atoms with E-state index in [-0.39, 0.29) is 23.3 Å². The monoisotopic (exact) mass is 295 g/mol. The fourth-order valence-corrected chi connectivity index (χ4v) is 3.63. The van der Waals surface area contributed by atoms with Crippen molar-refractivity contribution in [1.29, 1.82) is 0 Å². The first-order chi connectivity index (χ1) is 10.1. The molecule has 0 atom stereocenters. The molecule has 3 N–H and O–H groups in total. The number of hydrogen-bond donors (Lipinski definition) is 2. The van der Waals surface area contributed by atoms with Crippen molar-refractivity contribution >= 4 is 11.8 Å². The lowest BCUT2D eigenvalue weighted by atomic mass is 9.72. The molecule has 21 heavy (non-hydrogen) atoms. The van der Waals surface area contributed by atoms with Crippen molar-refractivity contribution in [3.05, 3.63) is 0 Å². The maximum atomic E-state index is 12.8. The van der Waals surface area contributed by atoms with Crippen LogP contribution in [0.1, 0.15) is 58.3 Å². The van der Waals surface area contributed by atoms with Crippen LogP contribution in [0.4, 0.5) is 0 Å². The van der Waals surface area contributed by atoms with Crippen molar-refractivity contribution in [3.63, 3.8) is 0 Å². The van der Waals surface area contributed by atoms with Gasteiger partial charge in [0.15, 0.2) is 0 Å². The summed E-state index contributed by atoms with van der Waals surface area (Å²) in [6.45, 7) is 3.82. The molecule has 0 spiro atoms. The van der Waals surface area contributed by atoms with E-state index in [0.717, 1.165) is 51.6 Å². The van der Waals surface area contributed by atoms with Crippen LogP contribution in [0, 0.1) is 5.41 Å². The van der Waals surface area contributed by atoms with Gasteiger partial charge in [-0.2, -0.15) is 0 Å². The fraction of sp³-hybridized carbons (Fsp3) is 0.875. The second-order valence-corrected chi connectivity index (χ2v) is 6.53.